The number of hydrogen-bond donors (Lipinski definition) is 1. The van der Waals surface area contributed by atoms with Crippen LogP contribution < -0.4 is 0 Å². The summed E-state index contributed by atoms with van der Waals surface area (Å²) in [4.78, 5) is 22.4. The predicted octanol–water partition coefficient (Wildman–Crippen LogP) is 4.13. The molecule has 0 unspecified atom stereocenters. The highest BCUT2D eigenvalue weighted by molar-refractivity contribution is 7.08. The first-order valence-corrected chi connectivity index (χ1v) is 8.65. The van der Waals surface area contributed by atoms with E-state index in [9.17, 15) is 9.18 Å². The number of rotatable bonds is 2. The van der Waals surface area contributed by atoms with Crippen molar-refractivity contribution in [3.63, 3.8) is 0 Å². The number of benzene rings is 1. The van der Waals surface area contributed by atoms with Gasteiger partial charge in [-0.05, 0) is 48.9 Å². The van der Waals surface area contributed by atoms with Crippen molar-refractivity contribution in [1.29, 1.82) is 0 Å². The second-order valence-corrected chi connectivity index (χ2v) is 6.59. The minimum absolute atomic E-state index is 0.0441. The van der Waals surface area contributed by atoms with Crippen molar-refractivity contribution < 1.29 is 9.18 Å². The van der Waals surface area contributed by atoms with E-state index in [1.807, 2.05) is 21.7 Å². The quantitative estimate of drug-likeness (QED) is 0.768. The Morgan fingerprint density at radius 3 is 3.09 bits per heavy atom. The number of H-pyrrole nitrogens is 1. The number of nitrogens with zero attached hydrogens (tertiary/aromatic N) is 2. The standard InChI is InChI=1S/C17H16FN3OS/c18-12-4-5-13-14(9-12)20-16(19-13)15-3-1-2-7-21(15)17(22)11-6-8-23-10-11/h4-6,8-10,15H,1-3,7H2,(H,19,20)/t15-/m1/s1. The number of carbonyl (C=O) groups excluding carboxylic acids is 1. The highest BCUT2D eigenvalue weighted by Crippen LogP contribution is 2.32. The van der Waals surface area contributed by atoms with Gasteiger partial charge in [-0.25, -0.2) is 9.37 Å². The Morgan fingerprint density at radius 1 is 1.35 bits per heavy atom. The number of hydrogen-bond acceptors (Lipinski definition) is 3. The van der Waals surface area contributed by atoms with Crippen LogP contribution >= 0.6 is 11.3 Å². The first kappa shape index (κ1) is 14.4. The number of fused-ring (bicyclic) bond motifs is 1. The highest BCUT2D eigenvalue weighted by atomic mass is 32.1. The SMILES string of the molecule is O=C(c1ccsc1)N1CCCC[C@@H]1c1nc2ccc(F)cc2[nH]1. The van der Waals surface area contributed by atoms with Crippen molar-refractivity contribution in [2.45, 2.75) is 25.3 Å². The molecule has 23 heavy (non-hydrogen) atoms. The van der Waals surface area contributed by atoms with Crippen molar-refractivity contribution in [3.8, 4) is 0 Å². The third kappa shape index (κ3) is 2.63. The average Bonchev–Trinajstić information content (AvgIpc) is 3.23. The molecule has 3 heterocycles. The molecule has 3 aromatic rings. The van der Waals surface area contributed by atoms with Gasteiger partial charge in [0.25, 0.3) is 5.91 Å². The van der Waals surface area contributed by atoms with E-state index in [0.717, 1.165) is 42.7 Å². The zero-order valence-corrected chi connectivity index (χ0v) is 13.3. The summed E-state index contributed by atoms with van der Waals surface area (Å²) in [5, 5.41) is 3.79. The zero-order chi connectivity index (χ0) is 15.8. The summed E-state index contributed by atoms with van der Waals surface area (Å²) in [5.41, 5.74) is 2.13. The van der Waals surface area contributed by atoms with E-state index in [1.165, 1.54) is 23.5 Å². The van der Waals surface area contributed by atoms with Crippen LogP contribution in [-0.2, 0) is 0 Å². The molecule has 118 valence electrons. The summed E-state index contributed by atoms with van der Waals surface area (Å²) in [6, 6.07) is 6.29. The Bertz CT molecular complexity index is 843. The second kappa shape index (κ2) is 5.77. The number of piperidine rings is 1. The number of carbonyl (C=O) groups is 1. The molecule has 0 bridgehead atoms. The third-order valence-corrected chi connectivity index (χ3v) is 4.99. The van der Waals surface area contributed by atoms with E-state index >= 15 is 0 Å². The van der Waals surface area contributed by atoms with Gasteiger partial charge in [0.1, 0.15) is 11.6 Å². The van der Waals surface area contributed by atoms with Crippen LogP contribution in [0.25, 0.3) is 11.0 Å². The molecule has 1 aromatic carbocycles. The van der Waals surface area contributed by atoms with E-state index in [1.54, 1.807) is 6.07 Å². The second-order valence-electron chi connectivity index (χ2n) is 5.81. The molecule has 1 atom stereocenters. The first-order valence-electron chi connectivity index (χ1n) is 7.71. The fourth-order valence-electron chi connectivity index (χ4n) is 3.17. The lowest BCUT2D eigenvalue weighted by molar-refractivity contribution is 0.0602. The molecule has 1 amide bonds. The number of thiophene rings is 1. The van der Waals surface area contributed by atoms with Crippen molar-refractivity contribution >= 4 is 28.3 Å². The molecule has 1 aliphatic rings. The molecule has 2 aromatic heterocycles. The molecule has 1 fully saturated rings. The van der Waals surface area contributed by atoms with Crippen LogP contribution in [0, 0.1) is 5.82 Å². The number of nitrogens with one attached hydrogen (secondary N) is 1. The zero-order valence-electron chi connectivity index (χ0n) is 12.5. The Balaban J connectivity index is 1.70. The highest BCUT2D eigenvalue weighted by Gasteiger charge is 2.30. The van der Waals surface area contributed by atoms with Gasteiger partial charge in [-0.15, -0.1) is 0 Å². The molecular weight excluding hydrogens is 313 g/mol. The molecule has 0 aliphatic carbocycles. The van der Waals surface area contributed by atoms with E-state index in [2.05, 4.69) is 9.97 Å². The largest absolute Gasteiger partial charge is 0.340 e. The van der Waals surface area contributed by atoms with E-state index in [4.69, 9.17) is 0 Å². The van der Waals surface area contributed by atoms with Gasteiger partial charge < -0.3 is 9.88 Å². The Morgan fingerprint density at radius 2 is 2.26 bits per heavy atom. The monoisotopic (exact) mass is 329 g/mol. The van der Waals surface area contributed by atoms with Gasteiger partial charge in [-0.3, -0.25) is 4.79 Å². The molecule has 0 radical (unpaired) electrons. The third-order valence-electron chi connectivity index (χ3n) is 4.31. The van der Waals surface area contributed by atoms with Gasteiger partial charge >= 0.3 is 0 Å². The smallest absolute Gasteiger partial charge is 0.255 e. The molecule has 1 N–H and O–H groups in total. The van der Waals surface area contributed by atoms with Gasteiger partial charge in [-0.2, -0.15) is 11.3 Å². The number of halogens is 1. The van der Waals surface area contributed by atoms with Crippen molar-refractivity contribution in [2.24, 2.45) is 0 Å². The molecule has 4 nitrogen and oxygen atoms in total. The van der Waals surface area contributed by atoms with Crippen LogP contribution in [-0.4, -0.2) is 27.3 Å². The molecule has 1 aliphatic heterocycles. The van der Waals surface area contributed by atoms with E-state index in [-0.39, 0.29) is 17.8 Å². The van der Waals surface area contributed by atoms with E-state index < -0.39 is 0 Å². The number of amides is 1. The normalized spacial score (nSPS) is 18.5. The molecule has 4 rings (SSSR count). The summed E-state index contributed by atoms with van der Waals surface area (Å²) in [5.74, 6) is 0.499. The van der Waals surface area contributed by atoms with Crippen LogP contribution in [0.3, 0.4) is 0 Å². The van der Waals surface area contributed by atoms with Gasteiger partial charge in [0, 0.05) is 11.9 Å². The van der Waals surface area contributed by atoms with Crippen molar-refractivity contribution in [2.75, 3.05) is 6.54 Å². The van der Waals surface area contributed by atoms with Gasteiger partial charge in [0.05, 0.1) is 22.6 Å². The van der Waals surface area contributed by atoms with Gasteiger partial charge in [0.15, 0.2) is 0 Å². The van der Waals surface area contributed by atoms with Crippen LogP contribution in [0.5, 0.6) is 0 Å². The van der Waals surface area contributed by atoms with E-state index in [0.29, 0.717) is 5.52 Å². The van der Waals surface area contributed by atoms with Crippen LogP contribution in [0.15, 0.2) is 35.0 Å². The van der Waals surface area contributed by atoms with Crippen LogP contribution in [0.4, 0.5) is 4.39 Å². The Kier molecular flexibility index (Phi) is 3.61. The maximum absolute atomic E-state index is 13.4. The number of aromatic amines is 1. The average molecular weight is 329 g/mol. The van der Waals surface area contributed by atoms with Gasteiger partial charge in [0.2, 0.25) is 0 Å². The molecule has 0 spiro atoms. The molecular formula is C17H16FN3OS. The predicted molar refractivity (Wildman–Crippen MR) is 88.0 cm³/mol. The Hall–Kier alpha value is -2.21. The van der Waals surface area contributed by atoms with Crippen LogP contribution in [0.1, 0.15) is 41.5 Å². The minimum atomic E-state index is -0.289. The van der Waals surface area contributed by atoms with Crippen molar-refractivity contribution in [3.05, 3.63) is 52.2 Å². The summed E-state index contributed by atoms with van der Waals surface area (Å²) in [6.45, 7) is 0.727. The lowest BCUT2D eigenvalue weighted by atomic mass is 10.0. The lowest BCUT2D eigenvalue weighted by Crippen LogP contribution is -2.38. The lowest BCUT2D eigenvalue weighted by Gasteiger charge is -2.34. The fourth-order valence-corrected chi connectivity index (χ4v) is 3.80. The Labute approximate surface area is 137 Å². The first-order chi connectivity index (χ1) is 11.2. The van der Waals surface area contributed by atoms with Crippen LogP contribution in [0.2, 0.25) is 0 Å². The summed E-state index contributed by atoms with van der Waals surface area (Å²) in [7, 11) is 0. The maximum atomic E-state index is 13.4. The molecule has 6 heteroatoms. The summed E-state index contributed by atoms with van der Waals surface area (Å²) < 4.78 is 13.4. The summed E-state index contributed by atoms with van der Waals surface area (Å²) >= 11 is 1.52. The van der Waals surface area contributed by atoms with Crippen molar-refractivity contribution in [1.82, 2.24) is 14.9 Å². The number of aromatic nitrogens is 2. The number of imidazole rings is 1. The molecule has 0 saturated carbocycles. The topological polar surface area (TPSA) is 49.0 Å². The summed E-state index contributed by atoms with van der Waals surface area (Å²) in [6.07, 6.45) is 2.93. The fraction of sp³-hybridized carbons (Fsp3) is 0.294. The number of likely N-dealkylation sites (tertiary alicyclic amines) is 1. The minimum Gasteiger partial charge on any atom is -0.340 e. The van der Waals surface area contributed by atoms with Gasteiger partial charge in [-0.1, -0.05) is 0 Å². The maximum Gasteiger partial charge on any atom is 0.255 e. The molecule has 1 saturated heterocycles.